The average Bonchev–Trinajstić information content (AvgIpc) is 3.12. The Labute approximate surface area is 132 Å². The zero-order valence-corrected chi connectivity index (χ0v) is 13.3. The van der Waals surface area contributed by atoms with Crippen LogP contribution in [0.2, 0.25) is 0 Å². The molecule has 3 heterocycles. The van der Waals surface area contributed by atoms with Crippen molar-refractivity contribution in [3.05, 3.63) is 42.6 Å². The number of amides is 1. The molecule has 0 spiro atoms. The molecule has 0 saturated carbocycles. The molecular formula is C13H14N6O3S. The van der Waals surface area contributed by atoms with Gasteiger partial charge in [0.05, 0.1) is 5.69 Å². The Bertz CT molecular complexity index is 939. The maximum Gasteiger partial charge on any atom is 0.345 e. The molecule has 3 aromatic heterocycles. The van der Waals surface area contributed by atoms with Gasteiger partial charge in [-0.3, -0.25) is 0 Å². The van der Waals surface area contributed by atoms with Crippen LogP contribution in [0.1, 0.15) is 5.69 Å². The van der Waals surface area contributed by atoms with Crippen LogP contribution in [0.4, 0.5) is 4.79 Å². The number of nitrogens with zero attached hydrogens (tertiary/aromatic N) is 6. The Morgan fingerprint density at radius 3 is 2.78 bits per heavy atom. The van der Waals surface area contributed by atoms with Gasteiger partial charge in [0.15, 0.2) is 0 Å². The van der Waals surface area contributed by atoms with Gasteiger partial charge in [0.1, 0.15) is 17.7 Å². The summed E-state index contributed by atoms with van der Waals surface area (Å²) >= 11 is 0. The Hall–Kier alpha value is -2.75. The molecule has 9 nitrogen and oxygen atoms in total. The Kier molecular flexibility index (Phi) is 3.60. The first-order valence-corrected chi connectivity index (χ1v) is 8.31. The summed E-state index contributed by atoms with van der Waals surface area (Å²) in [5.41, 5.74) is 1.03. The number of carbonyl (C=O) groups excluding carboxylic acids is 1. The summed E-state index contributed by atoms with van der Waals surface area (Å²) in [4.78, 5) is 21.0. The second kappa shape index (κ2) is 5.47. The maximum atomic E-state index is 12.4. The number of sulfone groups is 1. The van der Waals surface area contributed by atoms with E-state index in [2.05, 4.69) is 15.1 Å². The van der Waals surface area contributed by atoms with Gasteiger partial charge in [0, 0.05) is 26.5 Å². The fraction of sp³-hybridized carbons (Fsp3) is 0.231. The third kappa shape index (κ3) is 2.93. The van der Waals surface area contributed by atoms with Crippen LogP contribution >= 0.6 is 0 Å². The monoisotopic (exact) mass is 334 g/mol. The number of aromatic nitrogens is 5. The fourth-order valence-electron chi connectivity index (χ4n) is 2.00. The maximum absolute atomic E-state index is 12.4. The topological polar surface area (TPSA) is 102 Å². The Morgan fingerprint density at radius 2 is 2.09 bits per heavy atom. The predicted molar refractivity (Wildman–Crippen MR) is 80.6 cm³/mol. The van der Waals surface area contributed by atoms with E-state index in [1.807, 2.05) is 12.1 Å². The number of hydrogen-bond donors (Lipinski definition) is 0. The minimum absolute atomic E-state index is 0.338. The lowest BCUT2D eigenvalue weighted by molar-refractivity contribution is 0.215. The van der Waals surface area contributed by atoms with Crippen LogP contribution in [0, 0.1) is 0 Å². The van der Waals surface area contributed by atoms with Gasteiger partial charge in [-0.15, -0.1) is 5.10 Å². The van der Waals surface area contributed by atoms with Crippen molar-refractivity contribution in [1.82, 2.24) is 29.0 Å². The van der Waals surface area contributed by atoms with Crippen molar-refractivity contribution >= 4 is 21.5 Å². The lowest BCUT2D eigenvalue weighted by Gasteiger charge is -2.07. The average molecular weight is 334 g/mol. The zero-order valence-electron chi connectivity index (χ0n) is 12.5. The van der Waals surface area contributed by atoms with Crippen molar-refractivity contribution in [2.45, 2.75) is 10.9 Å². The molecule has 0 unspecified atom stereocenters. The quantitative estimate of drug-likeness (QED) is 0.688. The summed E-state index contributed by atoms with van der Waals surface area (Å²) in [5, 5.41) is 3.35. The smallest absolute Gasteiger partial charge is 0.329 e. The number of hydrogen-bond acceptors (Lipinski definition) is 6. The molecule has 0 fully saturated rings. The minimum atomic E-state index is -3.79. The van der Waals surface area contributed by atoms with Gasteiger partial charge in [-0.1, -0.05) is 6.07 Å². The Balaban J connectivity index is 1.88. The van der Waals surface area contributed by atoms with Crippen LogP contribution < -0.4 is 0 Å². The number of imidazole rings is 1. The molecule has 1 amide bonds. The van der Waals surface area contributed by atoms with Gasteiger partial charge in [-0.2, -0.15) is 4.68 Å². The summed E-state index contributed by atoms with van der Waals surface area (Å²) in [6.45, 7) is 0. The second-order valence-electron chi connectivity index (χ2n) is 5.11. The molecule has 0 aromatic carbocycles. The standard InChI is InChI=1S/C13H14N6O3S/c1-17(2)13(20)19-9-14-12(16-19)23(21,22)8-10-7-18-6-4-3-5-11(18)15-10/h3-7,9H,8H2,1-2H3. The van der Waals surface area contributed by atoms with E-state index < -0.39 is 21.0 Å². The normalized spacial score (nSPS) is 11.7. The van der Waals surface area contributed by atoms with Crippen LogP contribution in [0.3, 0.4) is 0 Å². The molecule has 3 rings (SSSR count). The summed E-state index contributed by atoms with van der Waals surface area (Å²) in [6.07, 6.45) is 4.49. The summed E-state index contributed by atoms with van der Waals surface area (Å²) in [6, 6.07) is 4.94. The highest BCUT2D eigenvalue weighted by molar-refractivity contribution is 7.90. The largest absolute Gasteiger partial charge is 0.345 e. The van der Waals surface area contributed by atoms with Gasteiger partial charge in [0.2, 0.25) is 9.84 Å². The molecule has 0 N–H and O–H groups in total. The molecule has 0 atom stereocenters. The highest BCUT2D eigenvalue weighted by Gasteiger charge is 2.23. The third-order valence-electron chi connectivity index (χ3n) is 3.08. The minimum Gasteiger partial charge on any atom is -0.329 e. The predicted octanol–water partition coefficient (Wildman–Crippen LogP) is 0.429. The highest BCUT2D eigenvalue weighted by atomic mass is 32.2. The fourth-order valence-corrected chi connectivity index (χ4v) is 3.08. The molecule has 0 saturated heterocycles. The van der Waals surface area contributed by atoms with Crippen molar-refractivity contribution in [2.75, 3.05) is 14.1 Å². The van der Waals surface area contributed by atoms with Gasteiger partial charge in [-0.25, -0.2) is 23.2 Å². The van der Waals surface area contributed by atoms with Crippen molar-refractivity contribution in [2.24, 2.45) is 0 Å². The van der Waals surface area contributed by atoms with E-state index in [1.165, 1.54) is 19.0 Å². The van der Waals surface area contributed by atoms with E-state index in [9.17, 15) is 13.2 Å². The molecule has 0 radical (unpaired) electrons. The summed E-state index contributed by atoms with van der Waals surface area (Å²) in [5.74, 6) is -0.338. The number of fused-ring (bicyclic) bond motifs is 1. The van der Waals surface area contributed by atoms with Gasteiger partial charge in [0.25, 0.3) is 5.16 Å². The molecule has 0 bridgehead atoms. The van der Waals surface area contributed by atoms with E-state index >= 15 is 0 Å². The van der Waals surface area contributed by atoms with E-state index in [0.717, 1.165) is 11.0 Å². The number of rotatable bonds is 3. The second-order valence-corrected chi connectivity index (χ2v) is 6.99. The van der Waals surface area contributed by atoms with Crippen LogP contribution in [0.15, 0.2) is 42.1 Å². The van der Waals surface area contributed by atoms with Gasteiger partial charge >= 0.3 is 6.03 Å². The lowest BCUT2D eigenvalue weighted by Crippen LogP contribution is -2.27. The molecule has 0 aliphatic heterocycles. The third-order valence-corrected chi connectivity index (χ3v) is 4.50. The molecular weight excluding hydrogens is 320 g/mol. The molecule has 23 heavy (non-hydrogen) atoms. The molecule has 120 valence electrons. The highest BCUT2D eigenvalue weighted by Crippen LogP contribution is 2.13. The SMILES string of the molecule is CN(C)C(=O)n1cnc(S(=O)(=O)Cc2cn3ccccc3n2)n1. The van der Waals surface area contributed by atoms with Crippen molar-refractivity contribution in [3.8, 4) is 0 Å². The molecule has 3 aromatic rings. The van der Waals surface area contributed by atoms with E-state index in [0.29, 0.717) is 11.3 Å². The van der Waals surface area contributed by atoms with Crippen molar-refractivity contribution < 1.29 is 13.2 Å². The van der Waals surface area contributed by atoms with E-state index in [4.69, 9.17) is 0 Å². The molecule has 10 heteroatoms. The summed E-state index contributed by atoms with van der Waals surface area (Å²) in [7, 11) is -0.716. The van der Waals surface area contributed by atoms with Crippen LogP contribution in [-0.2, 0) is 15.6 Å². The molecule has 0 aliphatic carbocycles. The Morgan fingerprint density at radius 1 is 1.30 bits per heavy atom. The number of carbonyl (C=O) groups is 1. The zero-order chi connectivity index (χ0) is 16.6. The summed E-state index contributed by atoms with van der Waals surface area (Å²) < 4.78 is 27.4. The van der Waals surface area contributed by atoms with Crippen LogP contribution in [0.5, 0.6) is 0 Å². The van der Waals surface area contributed by atoms with E-state index in [-0.39, 0.29) is 5.75 Å². The van der Waals surface area contributed by atoms with Crippen molar-refractivity contribution in [1.29, 1.82) is 0 Å². The number of pyridine rings is 1. The lowest BCUT2D eigenvalue weighted by atomic mass is 10.5. The molecule has 0 aliphatic rings. The first-order valence-electron chi connectivity index (χ1n) is 6.65. The van der Waals surface area contributed by atoms with Gasteiger partial charge < -0.3 is 9.30 Å². The first-order chi connectivity index (χ1) is 10.9. The van der Waals surface area contributed by atoms with Crippen LogP contribution in [0.25, 0.3) is 5.65 Å². The van der Waals surface area contributed by atoms with E-state index in [1.54, 1.807) is 22.9 Å². The first kappa shape index (κ1) is 15.2. The van der Waals surface area contributed by atoms with Gasteiger partial charge in [-0.05, 0) is 12.1 Å². The van der Waals surface area contributed by atoms with Crippen LogP contribution in [-0.4, -0.2) is 57.6 Å². The van der Waals surface area contributed by atoms with Crippen molar-refractivity contribution in [3.63, 3.8) is 0 Å².